The predicted octanol–water partition coefficient (Wildman–Crippen LogP) is 12.7. The van der Waals surface area contributed by atoms with Gasteiger partial charge in [0.15, 0.2) is 0 Å². The highest BCUT2D eigenvalue weighted by Gasteiger charge is 2.14. The van der Waals surface area contributed by atoms with Gasteiger partial charge in [-0.1, -0.05) is 100.0 Å². The molecule has 0 aliphatic heterocycles. The highest BCUT2D eigenvalue weighted by atomic mass is 16.5. The van der Waals surface area contributed by atoms with Crippen molar-refractivity contribution >= 4 is 17.9 Å². The van der Waals surface area contributed by atoms with Gasteiger partial charge >= 0.3 is 17.9 Å². The van der Waals surface area contributed by atoms with Crippen molar-refractivity contribution in [2.24, 2.45) is 0 Å². The lowest BCUT2D eigenvalue weighted by Crippen LogP contribution is -2.20. The van der Waals surface area contributed by atoms with Crippen LogP contribution in [0.2, 0.25) is 0 Å². The van der Waals surface area contributed by atoms with E-state index in [1.165, 1.54) is 78.1 Å². The molecule has 0 bridgehead atoms. The summed E-state index contributed by atoms with van der Waals surface area (Å²) in [4.78, 5) is 36.2. The Bertz CT molecular complexity index is 921. The van der Waals surface area contributed by atoms with E-state index >= 15 is 0 Å². The fraction of sp³-hybridized carbons (Fsp3) is 0.766. The first-order chi connectivity index (χ1) is 26.3. The maximum atomic E-state index is 12.6. The molecule has 0 radical (unpaired) electrons. The molecule has 7 heteroatoms. The first-order valence-corrected chi connectivity index (χ1v) is 22.0. The third kappa shape index (κ3) is 43.7. The van der Waals surface area contributed by atoms with Crippen LogP contribution in [-0.2, 0) is 28.6 Å². The molecule has 0 atom stereocenters. The molecule has 0 aromatic rings. The van der Waals surface area contributed by atoms with Gasteiger partial charge in [0.05, 0.1) is 13.2 Å². The van der Waals surface area contributed by atoms with E-state index in [4.69, 9.17) is 14.2 Å². The van der Waals surface area contributed by atoms with Crippen molar-refractivity contribution in [3.8, 4) is 0 Å². The summed E-state index contributed by atoms with van der Waals surface area (Å²) >= 11 is 0. The van der Waals surface area contributed by atoms with E-state index in [-0.39, 0.29) is 24.0 Å². The third-order valence-corrected chi connectivity index (χ3v) is 9.43. The molecular formula is C47H83NO6. The van der Waals surface area contributed by atoms with Gasteiger partial charge in [0.25, 0.3) is 0 Å². The van der Waals surface area contributed by atoms with Crippen LogP contribution < -0.4 is 0 Å². The number of rotatable bonds is 39. The number of hydrogen-bond acceptors (Lipinski definition) is 7. The lowest BCUT2D eigenvalue weighted by Gasteiger charge is -2.18. The molecule has 0 fully saturated rings. The third-order valence-electron chi connectivity index (χ3n) is 9.43. The molecule has 0 N–H and O–H groups in total. The van der Waals surface area contributed by atoms with Crippen LogP contribution in [0.1, 0.15) is 194 Å². The summed E-state index contributed by atoms with van der Waals surface area (Å²) in [6.07, 6.45) is 49.6. The Morgan fingerprint density at radius 2 is 0.815 bits per heavy atom. The standard InChI is InChI=1S/C47H83NO6/c1-44(49)52-42-35-31-27-23-19-15-11-7-5-9-13-17-21-25-29-33-38-46(54-47(51)40-37-41-48(3)4)39-34-30-26-22-18-14-10-6-8-12-16-20-24-28-32-36-43-53-45(2)50/h5-8,15-16,19-20,46H,9-14,17-18,21-43H2,1-4H3/b7-5-,8-6-,19-15-,20-16-. The van der Waals surface area contributed by atoms with Crippen molar-refractivity contribution in [2.75, 3.05) is 33.9 Å². The Morgan fingerprint density at radius 1 is 0.463 bits per heavy atom. The number of carbonyl (C=O) groups is 3. The lowest BCUT2D eigenvalue weighted by molar-refractivity contribution is -0.150. The summed E-state index contributed by atoms with van der Waals surface area (Å²) < 4.78 is 15.9. The number of nitrogens with zero attached hydrogens (tertiary/aromatic N) is 1. The van der Waals surface area contributed by atoms with Gasteiger partial charge in [0.1, 0.15) is 6.10 Å². The Balaban J connectivity index is 3.97. The molecular weight excluding hydrogens is 675 g/mol. The van der Waals surface area contributed by atoms with Gasteiger partial charge < -0.3 is 19.1 Å². The Morgan fingerprint density at radius 3 is 1.19 bits per heavy atom. The smallest absolute Gasteiger partial charge is 0.306 e. The van der Waals surface area contributed by atoms with Crippen molar-refractivity contribution in [3.05, 3.63) is 48.6 Å². The lowest BCUT2D eigenvalue weighted by atomic mass is 10.0. The second-order valence-corrected chi connectivity index (χ2v) is 15.2. The number of ether oxygens (including phenoxy) is 3. The molecule has 0 aromatic heterocycles. The summed E-state index contributed by atoms with van der Waals surface area (Å²) in [5, 5.41) is 0. The Hall–Kier alpha value is -2.67. The minimum Gasteiger partial charge on any atom is -0.466 e. The van der Waals surface area contributed by atoms with Crippen LogP contribution in [0.3, 0.4) is 0 Å². The highest BCUT2D eigenvalue weighted by Crippen LogP contribution is 2.18. The second-order valence-electron chi connectivity index (χ2n) is 15.2. The molecule has 0 aliphatic carbocycles. The topological polar surface area (TPSA) is 82.1 Å². The SMILES string of the molecule is CC(=O)OCCCCC/C=C\C/C=C\CCCCCCCCC(CCCCCCCC/C=C\C/C=C\CCCCCOC(C)=O)OC(=O)CCCN(C)C. The first-order valence-electron chi connectivity index (χ1n) is 22.0. The van der Waals surface area contributed by atoms with E-state index in [1.54, 1.807) is 0 Å². The summed E-state index contributed by atoms with van der Waals surface area (Å²) in [7, 11) is 4.09. The van der Waals surface area contributed by atoms with Crippen LogP contribution in [0.25, 0.3) is 0 Å². The number of allylic oxidation sites excluding steroid dienone is 8. The molecule has 0 spiro atoms. The van der Waals surface area contributed by atoms with Crippen molar-refractivity contribution < 1.29 is 28.6 Å². The Labute approximate surface area is 332 Å². The molecule has 0 saturated carbocycles. The fourth-order valence-electron chi connectivity index (χ4n) is 6.26. The maximum absolute atomic E-state index is 12.6. The van der Waals surface area contributed by atoms with Gasteiger partial charge in [-0.25, -0.2) is 0 Å². The van der Waals surface area contributed by atoms with Crippen LogP contribution >= 0.6 is 0 Å². The summed E-state index contributed by atoms with van der Waals surface area (Å²) in [5.41, 5.74) is 0. The molecule has 0 aromatic carbocycles. The van der Waals surface area contributed by atoms with Gasteiger partial charge in [0.2, 0.25) is 0 Å². The molecule has 54 heavy (non-hydrogen) atoms. The average Bonchev–Trinajstić information content (AvgIpc) is 3.12. The molecule has 0 unspecified atom stereocenters. The molecule has 0 aliphatic rings. The number of esters is 3. The van der Waals surface area contributed by atoms with E-state index in [0.717, 1.165) is 116 Å². The largest absolute Gasteiger partial charge is 0.466 e. The van der Waals surface area contributed by atoms with Gasteiger partial charge in [-0.05, 0) is 143 Å². The maximum Gasteiger partial charge on any atom is 0.306 e. The minimum atomic E-state index is -0.188. The summed E-state index contributed by atoms with van der Waals surface area (Å²) in [5.74, 6) is -0.394. The van der Waals surface area contributed by atoms with Gasteiger partial charge in [0, 0.05) is 20.3 Å². The van der Waals surface area contributed by atoms with Gasteiger partial charge in [-0.2, -0.15) is 0 Å². The monoisotopic (exact) mass is 758 g/mol. The van der Waals surface area contributed by atoms with E-state index in [9.17, 15) is 14.4 Å². The van der Waals surface area contributed by atoms with Crippen LogP contribution in [-0.4, -0.2) is 62.8 Å². The van der Waals surface area contributed by atoms with E-state index in [0.29, 0.717) is 19.6 Å². The highest BCUT2D eigenvalue weighted by molar-refractivity contribution is 5.69. The summed E-state index contributed by atoms with van der Waals surface area (Å²) in [6.45, 7) is 4.93. The van der Waals surface area contributed by atoms with Gasteiger partial charge in [-0.3, -0.25) is 14.4 Å². The van der Waals surface area contributed by atoms with Crippen LogP contribution in [0.5, 0.6) is 0 Å². The molecule has 0 heterocycles. The molecule has 0 rings (SSSR count). The summed E-state index contributed by atoms with van der Waals surface area (Å²) in [6, 6.07) is 0. The second kappa shape index (κ2) is 41.5. The average molecular weight is 758 g/mol. The quantitative estimate of drug-likeness (QED) is 0.0267. The molecule has 0 saturated heterocycles. The van der Waals surface area contributed by atoms with E-state index in [2.05, 4.69) is 53.5 Å². The normalized spacial score (nSPS) is 12.0. The van der Waals surface area contributed by atoms with Crippen LogP contribution in [0.4, 0.5) is 0 Å². The Kier molecular flexibility index (Phi) is 39.4. The zero-order chi connectivity index (χ0) is 39.6. The minimum absolute atomic E-state index is 0.0186. The van der Waals surface area contributed by atoms with Crippen LogP contribution in [0.15, 0.2) is 48.6 Å². The number of unbranched alkanes of at least 4 members (excludes halogenated alkanes) is 18. The predicted molar refractivity (Wildman–Crippen MR) is 228 cm³/mol. The van der Waals surface area contributed by atoms with E-state index in [1.807, 2.05) is 14.1 Å². The fourth-order valence-corrected chi connectivity index (χ4v) is 6.26. The van der Waals surface area contributed by atoms with Gasteiger partial charge in [-0.15, -0.1) is 0 Å². The zero-order valence-corrected chi connectivity index (χ0v) is 35.5. The first kappa shape index (κ1) is 51.3. The zero-order valence-electron chi connectivity index (χ0n) is 35.5. The van der Waals surface area contributed by atoms with E-state index < -0.39 is 0 Å². The van der Waals surface area contributed by atoms with Crippen LogP contribution in [0, 0.1) is 0 Å². The van der Waals surface area contributed by atoms with Crippen molar-refractivity contribution in [2.45, 2.75) is 200 Å². The molecule has 7 nitrogen and oxygen atoms in total. The van der Waals surface area contributed by atoms with Crippen molar-refractivity contribution in [3.63, 3.8) is 0 Å². The number of hydrogen-bond donors (Lipinski definition) is 0. The molecule has 0 amide bonds. The van der Waals surface area contributed by atoms with Crippen molar-refractivity contribution in [1.82, 2.24) is 4.90 Å². The number of carbonyl (C=O) groups excluding carboxylic acids is 3. The molecule has 312 valence electrons. The van der Waals surface area contributed by atoms with Crippen molar-refractivity contribution in [1.29, 1.82) is 0 Å².